The van der Waals surface area contributed by atoms with Crippen LogP contribution >= 0.6 is 11.6 Å². The average Bonchev–Trinajstić information content (AvgIpc) is 3.53. The summed E-state index contributed by atoms with van der Waals surface area (Å²) in [4.78, 5) is 31.1. The van der Waals surface area contributed by atoms with E-state index >= 15 is 4.79 Å². The summed E-state index contributed by atoms with van der Waals surface area (Å²) in [5, 5.41) is 20.9. The van der Waals surface area contributed by atoms with Crippen molar-refractivity contribution in [2.75, 3.05) is 39.2 Å². The quantitative estimate of drug-likeness (QED) is 0.373. The van der Waals surface area contributed by atoms with E-state index in [1.807, 2.05) is 6.07 Å². The zero-order valence-electron chi connectivity index (χ0n) is 25.4. The van der Waals surface area contributed by atoms with Crippen LogP contribution in [0.1, 0.15) is 23.1 Å². The Bertz CT molecular complexity index is 1820. The predicted molar refractivity (Wildman–Crippen MR) is 163 cm³/mol. The molecule has 0 spiro atoms. The third-order valence-corrected chi connectivity index (χ3v) is 9.59. The molecule has 0 saturated carbocycles. The van der Waals surface area contributed by atoms with Crippen LogP contribution in [-0.4, -0.2) is 84.3 Å². The minimum absolute atomic E-state index is 0.0200. The monoisotopic (exact) mass is 692 g/mol. The number of carbonyl (C=O) groups is 2. The third kappa shape index (κ3) is 5.86. The number of likely N-dealkylation sites (tertiary alicyclic amines) is 1. The van der Waals surface area contributed by atoms with Crippen molar-refractivity contribution < 1.29 is 46.3 Å². The Kier molecular flexibility index (Phi) is 9.17. The smallest absolute Gasteiger partial charge is 0.497 e. The molecular formula is C31H28ClF3N4O7S. The first kappa shape index (κ1) is 34.0. The summed E-state index contributed by atoms with van der Waals surface area (Å²) in [5.74, 6) is -2.26. The van der Waals surface area contributed by atoms with Gasteiger partial charge in [-0.3, -0.25) is 14.5 Å². The third-order valence-electron chi connectivity index (χ3n) is 7.95. The van der Waals surface area contributed by atoms with Crippen LogP contribution in [0.3, 0.4) is 0 Å². The number of nitrogens with zero attached hydrogens (tertiary/aromatic N) is 4. The van der Waals surface area contributed by atoms with Crippen molar-refractivity contribution >= 4 is 40.1 Å². The van der Waals surface area contributed by atoms with Gasteiger partial charge in [0.1, 0.15) is 16.4 Å². The molecule has 16 heteroatoms. The molecule has 1 N–H and O–H groups in total. The van der Waals surface area contributed by atoms with Gasteiger partial charge in [-0.25, -0.2) is 8.51 Å². The van der Waals surface area contributed by atoms with Crippen LogP contribution in [0, 0.1) is 11.3 Å². The first-order chi connectivity index (χ1) is 22.2. The maximum absolute atomic E-state index is 15.2. The number of rotatable bonds is 8. The lowest BCUT2D eigenvalue weighted by Gasteiger charge is -2.42. The van der Waals surface area contributed by atoms with E-state index in [1.165, 1.54) is 80.6 Å². The molecule has 3 aromatic rings. The van der Waals surface area contributed by atoms with Gasteiger partial charge in [-0.15, -0.1) is 13.2 Å². The molecule has 2 amide bonds. The number of aliphatic hydroxyl groups is 1. The molecule has 2 heterocycles. The fraction of sp³-hybridized carbons (Fsp3) is 0.323. The van der Waals surface area contributed by atoms with Crippen molar-refractivity contribution in [2.45, 2.75) is 35.4 Å². The fourth-order valence-electron chi connectivity index (χ4n) is 6.04. The van der Waals surface area contributed by atoms with Gasteiger partial charge in [0.15, 0.2) is 22.3 Å². The Morgan fingerprint density at radius 1 is 1.09 bits per heavy atom. The molecule has 1 fully saturated rings. The Labute approximate surface area is 275 Å². The molecule has 2 aliphatic rings. The van der Waals surface area contributed by atoms with Gasteiger partial charge in [-0.1, -0.05) is 11.6 Å². The lowest BCUT2D eigenvalue weighted by Crippen LogP contribution is -2.59. The first-order valence-corrected chi connectivity index (χ1v) is 15.4. The fourth-order valence-corrected chi connectivity index (χ4v) is 7.49. The van der Waals surface area contributed by atoms with Gasteiger partial charge in [0.25, 0.3) is 5.91 Å². The molecule has 248 valence electrons. The van der Waals surface area contributed by atoms with E-state index < -0.39 is 57.5 Å². The molecule has 2 aliphatic heterocycles. The number of nitriles is 1. The van der Waals surface area contributed by atoms with Crippen LogP contribution in [0.15, 0.2) is 59.5 Å². The molecule has 11 nitrogen and oxygen atoms in total. The van der Waals surface area contributed by atoms with Crippen LogP contribution in [0.25, 0.3) is 0 Å². The highest BCUT2D eigenvalue weighted by atomic mass is 35.5. The lowest BCUT2D eigenvalue weighted by atomic mass is 9.80. The van der Waals surface area contributed by atoms with Crippen LogP contribution in [0.2, 0.25) is 5.02 Å². The second-order valence-corrected chi connectivity index (χ2v) is 12.6. The number of hydrogen-bond acceptors (Lipinski definition) is 9. The zero-order valence-corrected chi connectivity index (χ0v) is 26.9. The zero-order chi connectivity index (χ0) is 34.4. The SMILES string of the molecule is COc1ccc(S(=O)N2C(=O)C(c3cc(C#N)ccc3OC)(N3C[C@H](O)C[C@H]3C(=O)N(C)C)c3cc(Cl)ccc32)c(OC(F)(F)F)c1. The van der Waals surface area contributed by atoms with E-state index in [-0.39, 0.29) is 51.9 Å². The van der Waals surface area contributed by atoms with Gasteiger partial charge in [-0.05, 0) is 55.0 Å². The summed E-state index contributed by atoms with van der Waals surface area (Å²) in [6.07, 6.45) is -6.38. The number of alkyl halides is 3. The van der Waals surface area contributed by atoms with Crippen molar-refractivity contribution in [2.24, 2.45) is 0 Å². The number of β-amino-alcohol motifs (C(OH)–C–C–N with tert-alkyl or cyclic N) is 1. The van der Waals surface area contributed by atoms with Crippen molar-refractivity contribution in [1.29, 1.82) is 5.26 Å². The average molecular weight is 693 g/mol. The Hall–Kier alpha value is -4.36. The molecule has 5 rings (SSSR count). The molecule has 0 aromatic heterocycles. The first-order valence-electron chi connectivity index (χ1n) is 13.9. The summed E-state index contributed by atoms with van der Waals surface area (Å²) >= 11 is 6.49. The normalized spacial score (nSPS) is 21.6. The summed E-state index contributed by atoms with van der Waals surface area (Å²) in [7, 11) is 2.84. The summed E-state index contributed by atoms with van der Waals surface area (Å²) in [5.41, 5.74) is -1.90. The lowest BCUT2D eigenvalue weighted by molar-refractivity contribution is -0.275. The van der Waals surface area contributed by atoms with E-state index in [4.69, 9.17) is 21.1 Å². The summed E-state index contributed by atoms with van der Waals surface area (Å²) in [6.45, 7) is -0.243. The molecular weight excluding hydrogens is 665 g/mol. The largest absolute Gasteiger partial charge is 0.573 e. The molecule has 3 aromatic carbocycles. The number of halogens is 4. The molecule has 0 aliphatic carbocycles. The second kappa shape index (κ2) is 12.7. The Morgan fingerprint density at radius 3 is 2.43 bits per heavy atom. The van der Waals surface area contributed by atoms with Gasteiger partial charge >= 0.3 is 6.36 Å². The number of fused-ring (bicyclic) bond motifs is 1. The minimum atomic E-state index is -5.19. The van der Waals surface area contributed by atoms with Gasteiger partial charge in [0, 0.05) is 42.9 Å². The topological polar surface area (TPSA) is 133 Å². The summed E-state index contributed by atoms with van der Waals surface area (Å²) < 4.78 is 70.7. The minimum Gasteiger partial charge on any atom is -0.497 e. The number of hydrogen-bond donors (Lipinski definition) is 1. The van der Waals surface area contributed by atoms with E-state index in [2.05, 4.69) is 4.74 Å². The number of likely N-dealkylation sites (N-methyl/N-ethyl adjacent to an activating group) is 1. The van der Waals surface area contributed by atoms with Crippen LogP contribution in [-0.2, 0) is 26.1 Å². The van der Waals surface area contributed by atoms with Crippen molar-refractivity contribution in [3.05, 3.63) is 76.3 Å². The maximum Gasteiger partial charge on any atom is 0.573 e. The van der Waals surface area contributed by atoms with Gasteiger partial charge in [0.05, 0.1) is 43.7 Å². The van der Waals surface area contributed by atoms with Gasteiger partial charge < -0.3 is 24.2 Å². The Balaban J connectivity index is 1.85. The van der Waals surface area contributed by atoms with Crippen molar-refractivity contribution in [3.63, 3.8) is 0 Å². The number of carbonyl (C=O) groups excluding carboxylic acids is 2. The van der Waals surface area contributed by atoms with Crippen LogP contribution < -0.4 is 18.5 Å². The van der Waals surface area contributed by atoms with Gasteiger partial charge in [-0.2, -0.15) is 5.26 Å². The highest BCUT2D eigenvalue weighted by Gasteiger charge is 2.63. The van der Waals surface area contributed by atoms with E-state index in [9.17, 15) is 32.5 Å². The number of aliphatic hydroxyl groups excluding tert-OH is 1. The number of methoxy groups -OCH3 is 2. The predicted octanol–water partition coefficient (Wildman–Crippen LogP) is 3.96. The summed E-state index contributed by atoms with van der Waals surface area (Å²) in [6, 6.07) is 12.6. The van der Waals surface area contributed by atoms with Gasteiger partial charge in [0.2, 0.25) is 5.91 Å². The highest BCUT2D eigenvalue weighted by molar-refractivity contribution is 7.87. The highest BCUT2D eigenvalue weighted by Crippen LogP contribution is 2.55. The molecule has 2 unspecified atom stereocenters. The Morgan fingerprint density at radius 2 is 1.81 bits per heavy atom. The number of benzene rings is 3. The van der Waals surface area contributed by atoms with E-state index in [0.29, 0.717) is 0 Å². The molecule has 0 bridgehead atoms. The van der Waals surface area contributed by atoms with E-state index in [1.54, 1.807) is 0 Å². The van der Waals surface area contributed by atoms with Crippen molar-refractivity contribution in [3.8, 4) is 23.3 Å². The maximum atomic E-state index is 15.2. The molecule has 1 saturated heterocycles. The van der Waals surface area contributed by atoms with E-state index in [0.717, 1.165) is 16.4 Å². The standard InChI is InChI=1S/C31H28ClF3N4O7S/c1-37(2)28(41)24-13-19(40)16-38(24)30(22-11-17(15-36)5-9-25(22)45-4)21-12-18(32)6-8-23(21)39(29(30)42)47(43)27-10-7-20(44-3)14-26(27)46-31(33,34)35/h5-12,14,19,24,40H,13,16H2,1-4H3/t19-,24+,30?,47?/m1/s1. The second-order valence-electron chi connectivity index (χ2n) is 10.9. The molecule has 47 heavy (non-hydrogen) atoms. The molecule has 0 radical (unpaired) electrons. The number of anilines is 1. The molecule has 4 atom stereocenters. The van der Waals surface area contributed by atoms with Crippen LogP contribution in [0.5, 0.6) is 17.2 Å². The van der Waals surface area contributed by atoms with Crippen molar-refractivity contribution in [1.82, 2.24) is 9.80 Å². The van der Waals surface area contributed by atoms with Crippen LogP contribution in [0.4, 0.5) is 18.9 Å². The number of ether oxygens (including phenoxy) is 3. The number of amides is 2.